The van der Waals surface area contributed by atoms with Gasteiger partial charge in [0, 0.05) is 30.4 Å². The third-order valence-corrected chi connectivity index (χ3v) is 4.15. The molecule has 1 aliphatic heterocycles. The van der Waals surface area contributed by atoms with Crippen LogP contribution in [0.5, 0.6) is 0 Å². The van der Waals surface area contributed by atoms with E-state index in [0.717, 1.165) is 18.5 Å². The lowest BCUT2D eigenvalue weighted by molar-refractivity contribution is 0.208. The summed E-state index contributed by atoms with van der Waals surface area (Å²) in [6.07, 6.45) is 9.42. The minimum absolute atomic E-state index is 0.687. The number of hydrogen-bond acceptors (Lipinski definition) is 2. The fraction of sp³-hybridized carbons (Fsp3) is 0.769. The molecule has 1 saturated carbocycles. The smallest absolute Gasteiger partial charge is 0.0950 e. The molecule has 1 aromatic rings. The maximum atomic E-state index is 4.36. The summed E-state index contributed by atoms with van der Waals surface area (Å²) in [7, 11) is 0. The van der Waals surface area contributed by atoms with Crippen LogP contribution in [0.2, 0.25) is 0 Å². The molecule has 0 radical (unpaired) electrons. The Kier molecular flexibility index (Phi) is 2.72. The van der Waals surface area contributed by atoms with Crippen LogP contribution in [0.15, 0.2) is 12.5 Å². The van der Waals surface area contributed by atoms with Crippen molar-refractivity contribution in [2.24, 2.45) is 5.92 Å². The summed E-state index contributed by atoms with van der Waals surface area (Å²) in [5.41, 5.74) is 1.46. The molecule has 1 saturated heterocycles. The summed E-state index contributed by atoms with van der Waals surface area (Å²) in [5.74, 6) is 1.59. The zero-order valence-electron chi connectivity index (χ0n) is 10.0. The van der Waals surface area contributed by atoms with Crippen LogP contribution >= 0.6 is 0 Å². The van der Waals surface area contributed by atoms with Crippen molar-refractivity contribution in [3.8, 4) is 0 Å². The Labute approximate surface area is 97.3 Å². The van der Waals surface area contributed by atoms with E-state index >= 15 is 0 Å². The average molecular weight is 219 g/mol. The molecule has 3 rings (SSSR count). The van der Waals surface area contributed by atoms with Crippen molar-refractivity contribution < 1.29 is 0 Å². The standard InChI is InChI=1S/C13H21N3/c1-10-5-12(6-10)16-9-15-8-13(16)11-3-2-4-14-7-11/h8-12,14H,2-7H2,1H3. The van der Waals surface area contributed by atoms with Crippen molar-refractivity contribution in [3.63, 3.8) is 0 Å². The second-order valence-electron chi connectivity index (χ2n) is 5.50. The molecule has 1 atom stereocenters. The molecule has 3 nitrogen and oxygen atoms in total. The fourth-order valence-electron chi connectivity index (χ4n) is 3.13. The van der Waals surface area contributed by atoms with E-state index in [1.165, 1.54) is 37.9 Å². The van der Waals surface area contributed by atoms with Crippen LogP contribution in [-0.4, -0.2) is 22.6 Å². The van der Waals surface area contributed by atoms with Gasteiger partial charge in [-0.25, -0.2) is 4.98 Å². The molecule has 0 bridgehead atoms. The number of hydrogen-bond donors (Lipinski definition) is 1. The summed E-state index contributed by atoms with van der Waals surface area (Å²) in [6, 6.07) is 0.731. The van der Waals surface area contributed by atoms with Gasteiger partial charge in [0.25, 0.3) is 0 Å². The Balaban J connectivity index is 1.76. The molecule has 1 aromatic heterocycles. The topological polar surface area (TPSA) is 29.9 Å². The van der Waals surface area contributed by atoms with Gasteiger partial charge < -0.3 is 9.88 Å². The van der Waals surface area contributed by atoms with Crippen molar-refractivity contribution in [1.82, 2.24) is 14.9 Å². The zero-order valence-corrected chi connectivity index (χ0v) is 10.0. The normalized spacial score (nSPS) is 34.7. The van der Waals surface area contributed by atoms with Crippen LogP contribution in [0.1, 0.15) is 50.3 Å². The van der Waals surface area contributed by atoms with Gasteiger partial charge in [0.15, 0.2) is 0 Å². The quantitative estimate of drug-likeness (QED) is 0.827. The molecule has 2 heterocycles. The maximum absolute atomic E-state index is 4.36. The number of imidazole rings is 1. The van der Waals surface area contributed by atoms with E-state index in [4.69, 9.17) is 0 Å². The van der Waals surface area contributed by atoms with Crippen molar-refractivity contribution in [2.75, 3.05) is 13.1 Å². The number of nitrogens with one attached hydrogen (secondary N) is 1. The highest BCUT2D eigenvalue weighted by molar-refractivity contribution is 5.10. The average Bonchev–Trinajstić information content (AvgIpc) is 2.74. The molecule has 0 amide bonds. The van der Waals surface area contributed by atoms with Gasteiger partial charge >= 0.3 is 0 Å². The Bertz CT molecular complexity index is 346. The van der Waals surface area contributed by atoms with Gasteiger partial charge in [-0.05, 0) is 38.1 Å². The van der Waals surface area contributed by atoms with Crippen LogP contribution in [0, 0.1) is 5.92 Å². The number of aromatic nitrogens is 2. The van der Waals surface area contributed by atoms with Gasteiger partial charge in [0.1, 0.15) is 0 Å². The minimum atomic E-state index is 0.687. The Morgan fingerprint density at radius 3 is 3.00 bits per heavy atom. The Hall–Kier alpha value is -0.830. The third-order valence-electron chi connectivity index (χ3n) is 4.15. The number of rotatable bonds is 2. The molecule has 1 unspecified atom stereocenters. The largest absolute Gasteiger partial charge is 0.331 e. The van der Waals surface area contributed by atoms with Gasteiger partial charge in [0.2, 0.25) is 0 Å². The van der Waals surface area contributed by atoms with E-state index in [0.29, 0.717) is 5.92 Å². The highest BCUT2D eigenvalue weighted by Crippen LogP contribution is 2.39. The number of piperidine rings is 1. The highest BCUT2D eigenvalue weighted by atomic mass is 15.1. The van der Waals surface area contributed by atoms with Gasteiger partial charge in [0.05, 0.1) is 6.33 Å². The highest BCUT2D eigenvalue weighted by Gasteiger charge is 2.30. The predicted octanol–water partition coefficient (Wildman–Crippen LogP) is 2.32. The second kappa shape index (κ2) is 4.21. The van der Waals surface area contributed by atoms with Crippen molar-refractivity contribution in [3.05, 3.63) is 18.2 Å². The number of nitrogens with zero attached hydrogens (tertiary/aromatic N) is 2. The molecule has 16 heavy (non-hydrogen) atoms. The van der Waals surface area contributed by atoms with E-state index in [9.17, 15) is 0 Å². The summed E-state index contributed by atoms with van der Waals surface area (Å²) in [5, 5.41) is 3.49. The molecule has 1 aliphatic carbocycles. The van der Waals surface area contributed by atoms with E-state index < -0.39 is 0 Å². The molecule has 3 heteroatoms. The zero-order chi connectivity index (χ0) is 11.0. The first kappa shape index (κ1) is 10.3. The van der Waals surface area contributed by atoms with Crippen LogP contribution < -0.4 is 5.32 Å². The lowest BCUT2D eigenvalue weighted by Crippen LogP contribution is -2.32. The van der Waals surface area contributed by atoms with Crippen molar-refractivity contribution >= 4 is 0 Å². The molecular formula is C13H21N3. The van der Waals surface area contributed by atoms with E-state index in [-0.39, 0.29) is 0 Å². The van der Waals surface area contributed by atoms with Gasteiger partial charge in [-0.3, -0.25) is 0 Å². The molecule has 88 valence electrons. The van der Waals surface area contributed by atoms with Gasteiger partial charge in [-0.15, -0.1) is 0 Å². The van der Waals surface area contributed by atoms with E-state index in [1.54, 1.807) is 0 Å². The first-order chi connectivity index (χ1) is 7.84. The molecule has 0 spiro atoms. The molecule has 1 N–H and O–H groups in total. The van der Waals surface area contributed by atoms with E-state index in [2.05, 4.69) is 28.0 Å². The molecule has 2 fully saturated rings. The monoisotopic (exact) mass is 219 g/mol. The molecule has 2 aliphatic rings. The van der Waals surface area contributed by atoms with Crippen LogP contribution in [0.4, 0.5) is 0 Å². The van der Waals surface area contributed by atoms with Crippen LogP contribution in [-0.2, 0) is 0 Å². The summed E-state index contributed by atoms with van der Waals surface area (Å²) < 4.78 is 2.44. The van der Waals surface area contributed by atoms with Crippen molar-refractivity contribution in [2.45, 2.75) is 44.6 Å². The Morgan fingerprint density at radius 1 is 1.44 bits per heavy atom. The Morgan fingerprint density at radius 2 is 2.31 bits per heavy atom. The predicted molar refractivity (Wildman–Crippen MR) is 64.5 cm³/mol. The first-order valence-electron chi connectivity index (χ1n) is 6.57. The summed E-state index contributed by atoms with van der Waals surface area (Å²) in [4.78, 5) is 4.36. The van der Waals surface area contributed by atoms with E-state index in [1.807, 2.05) is 6.33 Å². The van der Waals surface area contributed by atoms with Crippen LogP contribution in [0.25, 0.3) is 0 Å². The molecule has 0 aromatic carbocycles. The second-order valence-corrected chi connectivity index (χ2v) is 5.50. The van der Waals surface area contributed by atoms with Gasteiger partial charge in [-0.1, -0.05) is 6.92 Å². The van der Waals surface area contributed by atoms with Gasteiger partial charge in [-0.2, -0.15) is 0 Å². The maximum Gasteiger partial charge on any atom is 0.0950 e. The minimum Gasteiger partial charge on any atom is -0.331 e. The molecular weight excluding hydrogens is 198 g/mol. The summed E-state index contributed by atoms with van der Waals surface area (Å²) in [6.45, 7) is 4.66. The summed E-state index contributed by atoms with van der Waals surface area (Å²) >= 11 is 0. The van der Waals surface area contributed by atoms with Crippen LogP contribution in [0.3, 0.4) is 0 Å². The first-order valence-corrected chi connectivity index (χ1v) is 6.57. The SMILES string of the molecule is CC1CC(n2cncc2C2CCCNC2)C1. The fourth-order valence-corrected chi connectivity index (χ4v) is 3.13. The lowest BCUT2D eigenvalue weighted by Gasteiger charge is -2.36. The van der Waals surface area contributed by atoms with Crippen molar-refractivity contribution in [1.29, 1.82) is 0 Å². The third kappa shape index (κ3) is 1.77. The lowest BCUT2D eigenvalue weighted by atomic mass is 9.81.